The number of nitriles is 1. The topological polar surface area (TPSA) is 134 Å². The minimum atomic E-state index is -3.20. The van der Waals surface area contributed by atoms with Gasteiger partial charge in [-0.05, 0) is 97.0 Å². The van der Waals surface area contributed by atoms with Gasteiger partial charge in [0.15, 0.2) is 9.84 Å². The normalized spacial score (nSPS) is 14.4. The fraction of sp³-hybridized carbons (Fsp3) is 0.265. The van der Waals surface area contributed by atoms with Gasteiger partial charge in [-0.2, -0.15) is 10.2 Å². The van der Waals surface area contributed by atoms with Crippen LogP contribution in [0.2, 0.25) is 0 Å². The van der Waals surface area contributed by atoms with Crippen LogP contribution in [0.3, 0.4) is 0 Å². The summed E-state index contributed by atoms with van der Waals surface area (Å²) >= 11 is 0. The number of aromatic nitrogens is 2. The van der Waals surface area contributed by atoms with E-state index < -0.39 is 9.84 Å². The van der Waals surface area contributed by atoms with E-state index >= 15 is 0 Å². The molecule has 3 N–H and O–H groups in total. The molecular weight excluding hydrogens is 572 g/mol. The standard InChI is InChI=1S/C34H36N6O3S/c1-23-19-26(5-4-16-35)20-24(2)32(23)43-33-31(27-8-10-28(36)11-9-27)21-37-34(39-33)38-29-14-17-40(18-15-29)22-25-6-12-30(13-7-25)44(3,41)42/h4-13,19-21,29H,14-15,17-18,22,36H2,1-3H3,(H,37,38,39)/b5-4+. The Morgan fingerprint density at radius 2 is 1.73 bits per heavy atom. The van der Waals surface area contributed by atoms with E-state index in [1.807, 2.05) is 68.4 Å². The Bertz CT molecular complexity index is 1780. The zero-order chi connectivity index (χ0) is 31.3. The van der Waals surface area contributed by atoms with Crippen molar-refractivity contribution in [3.05, 3.63) is 95.2 Å². The Balaban J connectivity index is 1.31. The summed E-state index contributed by atoms with van der Waals surface area (Å²) in [6, 6.07) is 20.8. The lowest BCUT2D eigenvalue weighted by Crippen LogP contribution is -2.39. The number of nitrogens with two attached hydrogens (primary N) is 1. The number of likely N-dealkylation sites (tertiary alicyclic amines) is 1. The fourth-order valence-corrected chi connectivity index (χ4v) is 5.99. The number of nitrogens with zero attached hydrogens (tertiary/aromatic N) is 4. The van der Waals surface area contributed by atoms with Crippen LogP contribution < -0.4 is 15.8 Å². The fourth-order valence-electron chi connectivity index (χ4n) is 5.36. The Labute approximate surface area is 259 Å². The van der Waals surface area contributed by atoms with Gasteiger partial charge in [0.05, 0.1) is 16.5 Å². The zero-order valence-corrected chi connectivity index (χ0v) is 25.9. The molecule has 4 aromatic rings. The van der Waals surface area contributed by atoms with Crippen LogP contribution in [0.15, 0.2) is 77.8 Å². The SMILES string of the molecule is Cc1cc(/C=C/C#N)cc(C)c1Oc1nc(NC2CCN(Cc3ccc(S(C)(=O)=O)cc3)CC2)ncc1-c1ccc(N)cc1. The van der Waals surface area contributed by atoms with E-state index in [0.29, 0.717) is 28.2 Å². The van der Waals surface area contributed by atoms with Crippen molar-refractivity contribution in [1.29, 1.82) is 5.26 Å². The van der Waals surface area contributed by atoms with E-state index in [0.717, 1.165) is 65.9 Å². The third kappa shape index (κ3) is 7.61. The molecule has 9 nitrogen and oxygen atoms in total. The largest absolute Gasteiger partial charge is 0.438 e. The first-order valence-electron chi connectivity index (χ1n) is 14.4. The van der Waals surface area contributed by atoms with E-state index in [2.05, 4.69) is 15.2 Å². The summed E-state index contributed by atoms with van der Waals surface area (Å²) in [7, 11) is -3.20. The maximum atomic E-state index is 11.8. The van der Waals surface area contributed by atoms with Crippen LogP contribution in [0, 0.1) is 25.2 Å². The van der Waals surface area contributed by atoms with E-state index in [1.165, 1.54) is 12.3 Å². The quantitative estimate of drug-likeness (QED) is 0.169. The van der Waals surface area contributed by atoms with Crippen molar-refractivity contribution >= 4 is 27.5 Å². The lowest BCUT2D eigenvalue weighted by molar-refractivity contribution is 0.211. The van der Waals surface area contributed by atoms with Crippen molar-refractivity contribution in [2.24, 2.45) is 0 Å². The number of ether oxygens (including phenoxy) is 1. The number of allylic oxidation sites excluding steroid dienone is 1. The number of piperidine rings is 1. The predicted octanol–water partition coefficient (Wildman–Crippen LogP) is 6.15. The highest BCUT2D eigenvalue weighted by Crippen LogP contribution is 2.36. The third-order valence-electron chi connectivity index (χ3n) is 7.69. The van der Waals surface area contributed by atoms with E-state index in [-0.39, 0.29) is 6.04 Å². The van der Waals surface area contributed by atoms with Crippen LogP contribution in [-0.4, -0.2) is 48.7 Å². The van der Waals surface area contributed by atoms with Gasteiger partial charge < -0.3 is 15.8 Å². The van der Waals surface area contributed by atoms with E-state index in [9.17, 15) is 8.42 Å². The van der Waals surface area contributed by atoms with Gasteiger partial charge in [0.25, 0.3) is 0 Å². The van der Waals surface area contributed by atoms with Crippen LogP contribution >= 0.6 is 0 Å². The first-order valence-corrected chi connectivity index (χ1v) is 16.3. The van der Waals surface area contributed by atoms with Gasteiger partial charge in [-0.25, -0.2) is 13.4 Å². The first kappa shape index (κ1) is 30.7. The molecule has 0 bridgehead atoms. The monoisotopic (exact) mass is 608 g/mol. The Morgan fingerprint density at radius 1 is 1.07 bits per heavy atom. The number of aryl methyl sites for hydroxylation is 2. The van der Waals surface area contributed by atoms with Gasteiger partial charge >= 0.3 is 0 Å². The van der Waals surface area contributed by atoms with Crippen molar-refractivity contribution < 1.29 is 13.2 Å². The smallest absolute Gasteiger partial charge is 0.231 e. The molecule has 1 fully saturated rings. The van der Waals surface area contributed by atoms with Crippen molar-refractivity contribution in [2.75, 3.05) is 30.4 Å². The number of nitrogen functional groups attached to an aromatic ring is 1. The molecule has 0 saturated carbocycles. The minimum Gasteiger partial charge on any atom is -0.438 e. The number of nitrogens with one attached hydrogen (secondary N) is 1. The third-order valence-corrected chi connectivity index (χ3v) is 8.81. The van der Waals surface area contributed by atoms with E-state index in [4.69, 9.17) is 20.7 Å². The summed E-state index contributed by atoms with van der Waals surface area (Å²) in [5.41, 5.74) is 12.1. The summed E-state index contributed by atoms with van der Waals surface area (Å²) in [6.45, 7) is 6.50. The van der Waals surface area contributed by atoms with Gasteiger partial charge in [0.1, 0.15) is 5.75 Å². The van der Waals surface area contributed by atoms with Crippen molar-refractivity contribution in [3.63, 3.8) is 0 Å². The molecule has 1 aliphatic heterocycles. The molecule has 5 rings (SSSR count). The predicted molar refractivity (Wildman–Crippen MR) is 174 cm³/mol. The highest BCUT2D eigenvalue weighted by Gasteiger charge is 2.22. The van der Waals surface area contributed by atoms with Crippen LogP contribution in [0.5, 0.6) is 11.6 Å². The molecule has 44 heavy (non-hydrogen) atoms. The lowest BCUT2D eigenvalue weighted by atomic mass is 10.0. The van der Waals surface area contributed by atoms with Crippen molar-refractivity contribution in [2.45, 2.75) is 44.2 Å². The Hall–Kier alpha value is -4.72. The van der Waals surface area contributed by atoms with Crippen molar-refractivity contribution in [3.8, 4) is 28.8 Å². The first-order chi connectivity index (χ1) is 21.1. The van der Waals surface area contributed by atoms with Crippen LogP contribution in [0.25, 0.3) is 17.2 Å². The number of anilines is 2. The molecule has 0 atom stereocenters. The molecule has 226 valence electrons. The summed E-state index contributed by atoms with van der Waals surface area (Å²) in [5, 5.41) is 12.4. The van der Waals surface area contributed by atoms with Gasteiger partial charge in [-0.15, -0.1) is 0 Å². The average molecular weight is 609 g/mol. The van der Waals surface area contributed by atoms with E-state index in [1.54, 1.807) is 24.4 Å². The molecule has 0 spiro atoms. The maximum absolute atomic E-state index is 11.8. The number of benzene rings is 3. The second-order valence-electron chi connectivity index (χ2n) is 11.2. The van der Waals surface area contributed by atoms with Crippen LogP contribution in [-0.2, 0) is 16.4 Å². The molecule has 10 heteroatoms. The number of hydrogen-bond acceptors (Lipinski definition) is 9. The van der Waals surface area contributed by atoms with Gasteiger partial charge in [-0.1, -0.05) is 24.3 Å². The Morgan fingerprint density at radius 3 is 2.34 bits per heavy atom. The number of sulfone groups is 1. The molecule has 2 heterocycles. The molecule has 0 aliphatic carbocycles. The highest BCUT2D eigenvalue weighted by atomic mass is 32.2. The molecule has 1 aromatic heterocycles. The van der Waals surface area contributed by atoms with Crippen LogP contribution in [0.4, 0.5) is 11.6 Å². The van der Waals surface area contributed by atoms with Gasteiger partial charge in [0.2, 0.25) is 11.8 Å². The van der Waals surface area contributed by atoms with Gasteiger partial charge in [-0.3, -0.25) is 4.90 Å². The zero-order valence-electron chi connectivity index (χ0n) is 25.1. The molecule has 3 aromatic carbocycles. The average Bonchev–Trinajstić information content (AvgIpc) is 2.99. The molecule has 0 amide bonds. The highest BCUT2D eigenvalue weighted by molar-refractivity contribution is 7.90. The molecule has 0 unspecified atom stereocenters. The maximum Gasteiger partial charge on any atom is 0.231 e. The Kier molecular flexibility index (Phi) is 9.28. The second kappa shape index (κ2) is 13.3. The summed E-state index contributed by atoms with van der Waals surface area (Å²) < 4.78 is 30.0. The number of rotatable bonds is 9. The molecular formula is C34H36N6O3S. The van der Waals surface area contributed by atoms with Crippen molar-refractivity contribution in [1.82, 2.24) is 14.9 Å². The molecule has 1 saturated heterocycles. The second-order valence-corrected chi connectivity index (χ2v) is 13.2. The minimum absolute atomic E-state index is 0.198. The summed E-state index contributed by atoms with van der Waals surface area (Å²) in [4.78, 5) is 12.2. The van der Waals surface area contributed by atoms with Gasteiger partial charge in [0, 0.05) is 49.9 Å². The lowest BCUT2D eigenvalue weighted by Gasteiger charge is -2.32. The van der Waals surface area contributed by atoms with Crippen LogP contribution in [0.1, 0.15) is 35.1 Å². The number of hydrogen-bond donors (Lipinski definition) is 2. The summed E-state index contributed by atoms with van der Waals surface area (Å²) in [5.74, 6) is 1.64. The molecule has 0 radical (unpaired) electrons. The molecule has 1 aliphatic rings. The summed E-state index contributed by atoms with van der Waals surface area (Å²) in [6.07, 6.45) is 8.06.